The van der Waals surface area contributed by atoms with E-state index in [0.717, 1.165) is 37.5 Å². The zero-order valence-electron chi connectivity index (χ0n) is 28.0. The van der Waals surface area contributed by atoms with Gasteiger partial charge < -0.3 is 11.5 Å². The molecule has 4 heteroatoms. The van der Waals surface area contributed by atoms with Crippen molar-refractivity contribution in [2.24, 2.45) is 23.3 Å². The Labute approximate surface area is 257 Å². The summed E-state index contributed by atoms with van der Waals surface area (Å²) in [5.74, 6) is 1.49. The van der Waals surface area contributed by atoms with E-state index < -0.39 is 0 Å². The Morgan fingerprint density at radius 1 is 0.366 bits per heavy atom. The number of carbonyl (C=O) groups excluding carboxylic acids is 2. The first-order chi connectivity index (χ1) is 19.9. The van der Waals surface area contributed by atoms with Crippen LogP contribution in [0.4, 0.5) is 0 Å². The van der Waals surface area contributed by atoms with Crippen molar-refractivity contribution in [3.63, 3.8) is 0 Å². The molecule has 0 rings (SSSR count). The van der Waals surface area contributed by atoms with Crippen molar-refractivity contribution in [2.75, 3.05) is 0 Å². The van der Waals surface area contributed by atoms with Crippen LogP contribution in [0.25, 0.3) is 0 Å². The predicted octanol–water partition coefficient (Wildman–Crippen LogP) is 11.3. The van der Waals surface area contributed by atoms with Gasteiger partial charge in [-0.05, 0) is 31.1 Å². The lowest BCUT2D eigenvalue weighted by Crippen LogP contribution is -2.09. The molecule has 0 bridgehead atoms. The summed E-state index contributed by atoms with van der Waals surface area (Å²) in [6.45, 7) is 4.97. The maximum atomic E-state index is 10.7. The molecule has 0 aliphatic rings. The number of hydrogen-bond donors (Lipinski definition) is 2. The number of primary amides is 2. The average molecular weight is 579 g/mol. The van der Waals surface area contributed by atoms with Crippen LogP contribution in [0.15, 0.2) is 0 Å². The van der Waals surface area contributed by atoms with Gasteiger partial charge in [0.1, 0.15) is 0 Å². The average Bonchev–Trinajstić information content (AvgIpc) is 2.92. The summed E-state index contributed by atoms with van der Waals surface area (Å²) in [5.41, 5.74) is 10.4. The molecule has 0 heterocycles. The van der Waals surface area contributed by atoms with E-state index in [2.05, 4.69) is 13.8 Å². The lowest BCUT2D eigenvalue weighted by atomic mass is 9.89. The molecule has 0 fully saturated rings. The van der Waals surface area contributed by atoms with Gasteiger partial charge in [0, 0.05) is 12.8 Å². The summed E-state index contributed by atoms with van der Waals surface area (Å²) in [5, 5.41) is 0. The molecule has 41 heavy (non-hydrogen) atoms. The van der Waals surface area contributed by atoms with Gasteiger partial charge in [0.05, 0.1) is 0 Å². The van der Waals surface area contributed by atoms with Crippen molar-refractivity contribution in [1.82, 2.24) is 0 Å². The number of unbranched alkanes of at least 4 members (excludes halogenated alkanes) is 24. The van der Waals surface area contributed by atoms with Crippen LogP contribution in [0.2, 0.25) is 0 Å². The highest BCUT2D eigenvalue weighted by molar-refractivity contribution is 5.73. The molecular formula is C37H74N2O2. The number of amides is 2. The molecule has 2 unspecified atom stereocenters. The predicted molar refractivity (Wildman–Crippen MR) is 180 cm³/mol. The Kier molecular flexibility index (Phi) is 31.0. The van der Waals surface area contributed by atoms with Gasteiger partial charge in [-0.1, -0.05) is 181 Å². The molecule has 0 saturated heterocycles. The van der Waals surface area contributed by atoms with E-state index in [1.807, 2.05) is 0 Å². The monoisotopic (exact) mass is 579 g/mol. The Balaban J connectivity index is 3.28. The van der Waals surface area contributed by atoms with Crippen molar-refractivity contribution in [1.29, 1.82) is 0 Å². The topological polar surface area (TPSA) is 86.2 Å². The molecule has 0 radical (unpaired) electrons. The third-order valence-corrected chi connectivity index (χ3v) is 9.04. The second-order valence-electron chi connectivity index (χ2n) is 13.6. The van der Waals surface area contributed by atoms with Crippen LogP contribution in [0.1, 0.15) is 213 Å². The Morgan fingerprint density at radius 3 is 0.780 bits per heavy atom. The molecular weight excluding hydrogens is 504 g/mol. The van der Waals surface area contributed by atoms with Crippen LogP contribution >= 0.6 is 0 Å². The van der Waals surface area contributed by atoms with Crippen LogP contribution in [0, 0.1) is 11.8 Å². The second kappa shape index (κ2) is 31.9. The van der Waals surface area contributed by atoms with Gasteiger partial charge in [-0.15, -0.1) is 0 Å². The lowest BCUT2D eigenvalue weighted by Gasteiger charge is -2.17. The molecule has 0 aliphatic heterocycles. The maximum Gasteiger partial charge on any atom is 0.217 e. The van der Waals surface area contributed by atoms with Crippen LogP contribution in [-0.4, -0.2) is 11.8 Å². The normalized spacial score (nSPS) is 12.9. The highest BCUT2D eigenvalue weighted by Crippen LogP contribution is 2.23. The van der Waals surface area contributed by atoms with Gasteiger partial charge in [0.25, 0.3) is 0 Å². The SMILES string of the molecule is CC(CCCCCCCCCCCCCCCC(N)=O)CC(C)CCCCCCCCCCCCCCCC(N)=O. The van der Waals surface area contributed by atoms with Crippen LogP contribution in [0.3, 0.4) is 0 Å². The van der Waals surface area contributed by atoms with Crippen LogP contribution in [0.5, 0.6) is 0 Å². The van der Waals surface area contributed by atoms with Gasteiger partial charge in [-0.3, -0.25) is 9.59 Å². The quantitative estimate of drug-likeness (QED) is 0.0744. The number of rotatable bonds is 34. The smallest absolute Gasteiger partial charge is 0.217 e. The zero-order valence-corrected chi connectivity index (χ0v) is 28.0. The van der Waals surface area contributed by atoms with E-state index in [1.54, 1.807) is 0 Å². The molecule has 0 aliphatic carbocycles. The minimum Gasteiger partial charge on any atom is -0.370 e. The molecule has 2 amide bonds. The first kappa shape index (κ1) is 39.9. The fourth-order valence-electron chi connectivity index (χ4n) is 6.40. The van der Waals surface area contributed by atoms with Crippen LogP contribution in [-0.2, 0) is 9.59 Å². The Bertz CT molecular complexity index is 517. The lowest BCUT2D eigenvalue weighted by molar-refractivity contribution is -0.119. The van der Waals surface area contributed by atoms with E-state index in [9.17, 15) is 9.59 Å². The van der Waals surface area contributed by atoms with Crippen molar-refractivity contribution < 1.29 is 9.59 Å². The van der Waals surface area contributed by atoms with E-state index >= 15 is 0 Å². The minimum atomic E-state index is -0.154. The van der Waals surface area contributed by atoms with Crippen molar-refractivity contribution in [3.05, 3.63) is 0 Å². The molecule has 244 valence electrons. The summed E-state index contributed by atoms with van der Waals surface area (Å²) in [7, 11) is 0. The van der Waals surface area contributed by atoms with E-state index in [4.69, 9.17) is 11.5 Å². The summed E-state index contributed by atoms with van der Waals surface area (Å²) in [4.78, 5) is 21.4. The summed E-state index contributed by atoms with van der Waals surface area (Å²) in [6, 6.07) is 0. The molecule has 4 N–H and O–H groups in total. The maximum absolute atomic E-state index is 10.7. The standard InChI is InChI=1S/C37H74N2O2/c1-34(29-25-21-17-13-9-5-3-7-11-15-19-23-27-31-36(38)40)33-35(2)30-26-22-18-14-10-6-4-8-12-16-20-24-28-32-37(39)41/h34-35H,3-33H2,1-2H3,(H2,38,40)(H2,39,41). The Morgan fingerprint density at radius 2 is 0.561 bits per heavy atom. The Hall–Kier alpha value is -1.06. The summed E-state index contributed by atoms with van der Waals surface area (Å²) in [6.07, 6.45) is 40.3. The summed E-state index contributed by atoms with van der Waals surface area (Å²) < 4.78 is 0. The third-order valence-electron chi connectivity index (χ3n) is 9.04. The number of nitrogens with two attached hydrogens (primary N) is 2. The molecule has 2 atom stereocenters. The van der Waals surface area contributed by atoms with Crippen molar-refractivity contribution in [2.45, 2.75) is 213 Å². The third kappa shape index (κ3) is 35.0. The largest absolute Gasteiger partial charge is 0.370 e. The first-order valence-electron chi connectivity index (χ1n) is 18.5. The van der Waals surface area contributed by atoms with E-state index in [0.29, 0.717) is 12.8 Å². The van der Waals surface area contributed by atoms with Gasteiger partial charge in [-0.2, -0.15) is 0 Å². The van der Waals surface area contributed by atoms with Crippen molar-refractivity contribution in [3.8, 4) is 0 Å². The highest BCUT2D eigenvalue weighted by atomic mass is 16.1. The molecule has 4 nitrogen and oxygen atoms in total. The minimum absolute atomic E-state index is 0.154. The highest BCUT2D eigenvalue weighted by Gasteiger charge is 2.09. The molecule has 0 spiro atoms. The molecule has 0 aromatic heterocycles. The van der Waals surface area contributed by atoms with Crippen molar-refractivity contribution >= 4 is 11.8 Å². The van der Waals surface area contributed by atoms with Crippen LogP contribution < -0.4 is 11.5 Å². The van der Waals surface area contributed by atoms with Gasteiger partial charge in [0.2, 0.25) is 11.8 Å². The zero-order chi connectivity index (χ0) is 30.2. The fourth-order valence-corrected chi connectivity index (χ4v) is 6.40. The second-order valence-corrected chi connectivity index (χ2v) is 13.6. The number of carbonyl (C=O) groups is 2. The van der Waals surface area contributed by atoms with Gasteiger partial charge in [0.15, 0.2) is 0 Å². The fraction of sp³-hybridized carbons (Fsp3) is 0.946. The molecule has 0 aromatic carbocycles. The molecule has 0 saturated carbocycles. The van der Waals surface area contributed by atoms with E-state index in [1.165, 1.54) is 161 Å². The van der Waals surface area contributed by atoms with Gasteiger partial charge >= 0.3 is 0 Å². The van der Waals surface area contributed by atoms with E-state index in [-0.39, 0.29) is 11.8 Å². The number of hydrogen-bond acceptors (Lipinski definition) is 2. The van der Waals surface area contributed by atoms with Gasteiger partial charge in [-0.25, -0.2) is 0 Å². The first-order valence-corrected chi connectivity index (χ1v) is 18.5. The summed E-state index contributed by atoms with van der Waals surface area (Å²) >= 11 is 0. The molecule has 0 aromatic rings.